The van der Waals surface area contributed by atoms with E-state index in [0.717, 1.165) is 12.0 Å². The van der Waals surface area contributed by atoms with Gasteiger partial charge in [-0.3, -0.25) is 4.79 Å². The summed E-state index contributed by atoms with van der Waals surface area (Å²) in [5.41, 5.74) is 0.956. The number of rotatable bonds is 7. The van der Waals surface area contributed by atoms with Crippen molar-refractivity contribution in [1.29, 1.82) is 0 Å². The van der Waals surface area contributed by atoms with Crippen LogP contribution in [-0.2, 0) is 14.8 Å². The summed E-state index contributed by atoms with van der Waals surface area (Å²) in [5, 5.41) is 3.00. The second-order valence-electron chi connectivity index (χ2n) is 7.56. The molecule has 0 saturated carbocycles. The molecule has 1 aliphatic heterocycles. The molecule has 1 aromatic rings. The Balaban J connectivity index is 2.15. The van der Waals surface area contributed by atoms with Crippen LogP contribution >= 0.6 is 0 Å². The van der Waals surface area contributed by atoms with Gasteiger partial charge in [-0.2, -0.15) is 4.31 Å². The summed E-state index contributed by atoms with van der Waals surface area (Å²) in [5.74, 6) is 0.478. The first-order valence-electron chi connectivity index (χ1n) is 9.69. The zero-order valence-electron chi connectivity index (χ0n) is 17.0. The normalized spacial score (nSPS) is 17.7. The van der Waals surface area contributed by atoms with Crippen molar-refractivity contribution in [2.24, 2.45) is 5.92 Å². The van der Waals surface area contributed by atoms with Gasteiger partial charge in [-0.25, -0.2) is 8.42 Å². The average molecular weight is 397 g/mol. The lowest BCUT2D eigenvalue weighted by Gasteiger charge is -2.31. The van der Waals surface area contributed by atoms with Gasteiger partial charge in [0, 0.05) is 25.0 Å². The van der Waals surface area contributed by atoms with Crippen molar-refractivity contribution in [1.82, 2.24) is 9.62 Å². The van der Waals surface area contributed by atoms with Gasteiger partial charge in [0.25, 0.3) is 0 Å². The molecule has 0 aliphatic carbocycles. The Morgan fingerprint density at radius 3 is 2.41 bits per heavy atom. The second-order valence-corrected chi connectivity index (χ2v) is 9.47. The van der Waals surface area contributed by atoms with Gasteiger partial charge in [0.1, 0.15) is 10.6 Å². The van der Waals surface area contributed by atoms with Gasteiger partial charge < -0.3 is 10.1 Å². The molecule has 1 fully saturated rings. The first-order chi connectivity index (χ1) is 12.7. The van der Waals surface area contributed by atoms with Crippen molar-refractivity contribution in [3.63, 3.8) is 0 Å². The van der Waals surface area contributed by atoms with E-state index in [0.29, 0.717) is 31.7 Å². The Hall–Kier alpha value is -1.60. The van der Waals surface area contributed by atoms with Crippen LogP contribution in [-0.4, -0.2) is 44.9 Å². The molecule has 152 valence electrons. The fourth-order valence-electron chi connectivity index (χ4n) is 3.21. The van der Waals surface area contributed by atoms with Gasteiger partial charge in [0.2, 0.25) is 15.9 Å². The number of carbonyl (C=O) groups is 1. The number of methoxy groups -OCH3 is 1. The van der Waals surface area contributed by atoms with Gasteiger partial charge in [-0.1, -0.05) is 26.8 Å². The maximum atomic E-state index is 13.2. The Bertz CT molecular complexity index is 753. The van der Waals surface area contributed by atoms with Gasteiger partial charge in [0.15, 0.2) is 0 Å². The molecule has 7 heteroatoms. The molecule has 27 heavy (non-hydrogen) atoms. The van der Waals surface area contributed by atoms with Gasteiger partial charge in [-0.05, 0) is 49.8 Å². The van der Waals surface area contributed by atoms with Crippen molar-refractivity contribution in [3.05, 3.63) is 23.8 Å². The number of hydrogen-bond donors (Lipinski definition) is 1. The van der Waals surface area contributed by atoms with Crippen molar-refractivity contribution < 1.29 is 17.9 Å². The van der Waals surface area contributed by atoms with Crippen LogP contribution in [0.1, 0.15) is 58.4 Å². The maximum absolute atomic E-state index is 13.2. The molecule has 1 N–H and O–H groups in total. The number of amides is 1. The lowest BCUT2D eigenvalue weighted by atomic mass is 9.97. The summed E-state index contributed by atoms with van der Waals surface area (Å²) in [6, 6.07) is 5.46. The van der Waals surface area contributed by atoms with Crippen molar-refractivity contribution >= 4 is 15.9 Å². The highest BCUT2D eigenvalue weighted by atomic mass is 32.2. The molecule has 0 radical (unpaired) electrons. The van der Waals surface area contributed by atoms with Crippen molar-refractivity contribution in [2.45, 2.75) is 63.8 Å². The highest BCUT2D eigenvalue weighted by Crippen LogP contribution is 2.32. The quantitative estimate of drug-likeness (QED) is 0.768. The zero-order chi connectivity index (χ0) is 20.2. The number of piperidine rings is 1. The van der Waals surface area contributed by atoms with E-state index in [1.165, 1.54) is 11.4 Å². The largest absolute Gasteiger partial charge is 0.495 e. The fourth-order valence-corrected chi connectivity index (χ4v) is 4.87. The molecule has 2 rings (SSSR count). The lowest BCUT2D eigenvalue weighted by molar-refractivity contribution is -0.126. The molecule has 0 unspecified atom stereocenters. The van der Waals surface area contributed by atoms with Crippen molar-refractivity contribution in [2.75, 3.05) is 20.2 Å². The zero-order valence-corrected chi connectivity index (χ0v) is 17.8. The first-order valence-corrected chi connectivity index (χ1v) is 11.1. The average Bonchev–Trinajstić information content (AvgIpc) is 2.67. The monoisotopic (exact) mass is 396 g/mol. The fraction of sp³-hybridized carbons (Fsp3) is 0.650. The van der Waals surface area contributed by atoms with Gasteiger partial charge >= 0.3 is 0 Å². The Kier molecular flexibility index (Phi) is 7.28. The molecule has 1 aromatic carbocycles. The SMILES string of the molecule is CC[C@H](C)NC(=O)C1CCN(S(=O)(=O)c2cc(C(C)C)ccc2OC)CC1. The van der Waals surface area contributed by atoms with E-state index < -0.39 is 10.0 Å². The number of sulfonamides is 1. The Morgan fingerprint density at radius 2 is 1.89 bits per heavy atom. The van der Waals surface area contributed by atoms with E-state index in [9.17, 15) is 13.2 Å². The number of nitrogens with one attached hydrogen (secondary N) is 1. The minimum absolute atomic E-state index is 0.0285. The van der Waals surface area contributed by atoms with Crippen LogP contribution in [0.2, 0.25) is 0 Å². The van der Waals surface area contributed by atoms with Crippen LogP contribution in [0, 0.1) is 5.92 Å². The number of benzene rings is 1. The lowest BCUT2D eigenvalue weighted by Crippen LogP contribution is -2.44. The third-order valence-corrected chi connectivity index (χ3v) is 7.22. The third-order valence-electron chi connectivity index (χ3n) is 5.30. The molecule has 1 heterocycles. The van der Waals surface area contributed by atoms with Crippen LogP contribution in [0.5, 0.6) is 5.75 Å². The van der Waals surface area contributed by atoms with E-state index in [-0.39, 0.29) is 28.7 Å². The standard InChI is InChI=1S/C20H32N2O4S/c1-6-15(4)21-20(23)16-9-11-22(12-10-16)27(24,25)19-13-17(14(2)3)7-8-18(19)26-5/h7-8,13-16H,6,9-12H2,1-5H3,(H,21,23)/t15-/m0/s1. The first kappa shape index (κ1) is 21.7. The van der Waals surface area contributed by atoms with Crippen LogP contribution in [0.15, 0.2) is 23.1 Å². The molecule has 1 aliphatic rings. The number of nitrogens with zero attached hydrogens (tertiary/aromatic N) is 1. The summed E-state index contributed by atoms with van der Waals surface area (Å²) >= 11 is 0. The van der Waals surface area contributed by atoms with Crippen molar-refractivity contribution in [3.8, 4) is 5.75 Å². The summed E-state index contributed by atoms with van der Waals surface area (Å²) in [6.45, 7) is 8.75. The topological polar surface area (TPSA) is 75.7 Å². The van der Waals surface area contributed by atoms with E-state index in [1.807, 2.05) is 33.8 Å². The molecule has 1 atom stereocenters. The van der Waals surface area contributed by atoms with E-state index in [4.69, 9.17) is 4.74 Å². The Morgan fingerprint density at radius 1 is 1.26 bits per heavy atom. The minimum atomic E-state index is -3.66. The molecule has 1 saturated heterocycles. The molecule has 0 spiro atoms. The van der Waals surface area contributed by atoms with Crippen LogP contribution < -0.4 is 10.1 Å². The van der Waals surface area contributed by atoms with Crippen LogP contribution in [0.4, 0.5) is 0 Å². The predicted octanol–water partition coefficient (Wildman–Crippen LogP) is 3.13. The van der Waals surface area contributed by atoms with E-state index in [1.54, 1.807) is 12.1 Å². The van der Waals surface area contributed by atoms with Crippen LogP contribution in [0.3, 0.4) is 0 Å². The molecule has 0 bridgehead atoms. The number of carbonyl (C=O) groups excluding carboxylic acids is 1. The minimum Gasteiger partial charge on any atom is -0.495 e. The molecular weight excluding hydrogens is 364 g/mol. The molecule has 0 aromatic heterocycles. The predicted molar refractivity (Wildman–Crippen MR) is 106 cm³/mol. The van der Waals surface area contributed by atoms with Gasteiger partial charge in [0.05, 0.1) is 7.11 Å². The summed E-state index contributed by atoms with van der Waals surface area (Å²) < 4.78 is 33.2. The van der Waals surface area contributed by atoms with E-state index >= 15 is 0 Å². The molecular formula is C20H32N2O4S. The smallest absolute Gasteiger partial charge is 0.246 e. The Labute approximate surface area is 163 Å². The highest BCUT2D eigenvalue weighted by Gasteiger charge is 2.34. The second kappa shape index (κ2) is 9.06. The highest BCUT2D eigenvalue weighted by molar-refractivity contribution is 7.89. The summed E-state index contributed by atoms with van der Waals surface area (Å²) in [7, 11) is -2.18. The third kappa shape index (κ3) is 5.02. The summed E-state index contributed by atoms with van der Waals surface area (Å²) in [4.78, 5) is 12.5. The number of ether oxygens (including phenoxy) is 1. The molecule has 1 amide bonds. The summed E-state index contributed by atoms with van der Waals surface area (Å²) in [6.07, 6.45) is 1.95. The van der Waals surface area contributed by atoms with E-state index in [2.05, 4.69) is 5.32 Å². The molecule has 6 nitrogen and oxygen atoms in total. The van der Waals surface area contributed by atoms with Gasteiger partial charge in [-0.15, -0.1) is 0 Å². The maximum Gasteiger partial charge on any atom is 0.246 e. The number of hydrogen-bond acceptors (Lipinski definition) is 4. The van der Waals surface area contributed by atoms with Crippen LogP contribution in [0.25, 0.3) is 0 Å².